The maximum atomic E-state index is 12.4. The van der Waals surface area contributed by atoms with Crippen LogP contribution in [0.3, 0.4) is 0 Å². The summed E-state index contributed by atoms with van der Waals surface area (Å²) < 4.78 is 10.4. The van der Waals surface area contributed by atoms with Crippen LogP contribution in [0.2, 0.25) is 0 Å². The molecule has 0 bridgehead atoms. The van der Waals surface area contributed by atoms with Crippen molar-refractivity contribution in [2.45, 2.75) is 20.8 Å². The molecule has 4 aromatic rings. The average molecular weight is 379 g/mol. The molecule has 1 amide bonds. The summed E-state index contributed by atoms with van der Waals surface area (Å²) in [4.78, 5) is 17.0. The number of furan rings is 1. The summed E-state index contributed by atoms with van der Waals surface area (Å²) in [7, 11) is 0. The van der Waals surface area contributed by atoms with Gasteiger partial charge in [-0.05, 0) is 44.0 Å². The highest BCUT2D eigenvalue weighted by Crippen LogP contribution is 2.31. The first-order valence-electron chi connectivity index (χ1n) is 8.37. The molecular weight excluding hydrogens is 362 g/mol. The molecule has 0 fully saturated rings. The van der Waals surface area contributed by atoms with Crippen LogP contribution in [0.1, 0.15) is 27.2 Å². The zero-order valence-corrected chi connectivity index (χ0v) is 15.9. The Bertz CT molecular complexity index is 1090. The third kappa shape index (κ3) is 3.41. The minimum Gasteiger partial charge on any atom is -0.461 e. The van der Waals surface area contributed by atoms with Gasteiger partial charge in [-0.2, -0.15) is 0 Å². The summed E-state index contributed by atoms with van der Waals surface area (Å²) >= 11 is 1.37. The third-order valence-corrected chi connectivity index (χ3v) is 4.92. The summed E-state index contributed by atoms with van der Waals surface area (Å²) in [6, 6.07) is 9.28. The molecule has 3 aromatic heterocycles. The van der Waals surface area contributed by atoms with E-state index in [1.165, 1.54) is 29.2 Å². The monoisotopic (exact) mass is 379 g/mol. The maximum absolute atomic E-state index is 12.4. The fourth-order valence-electron chi connectivity index (χ4n) is 3.11. The van der Waals surface area contributed by atoms with Crippen molar-refractivity contribution in [1.29, 1.82) is 0 Å². The molecule has 0 unspecified atom stereocenters. The molecule has 0 spiro atoms. The van der Waals surface area contributed by atoms with Crippen molar-refractivity contribution < 1.29 is 13.7 Å². The highest BCUT2D eigenvalue weighted by molar-refractivity contribution is 7.14. The second kappa shape index (κ2) is 6.85. The van der Waals surface area contributed by atoms with E-state index in [-0.39, 0.29) is 11.6 Å². The third-order valence-electron chi connectivity index (χ3n) is 4.16. The molecule has 0 saturated heterocycles. The number of thiazole rings is 1. The van der Waals surface area contributed by atoms with E-state index in [9.17, 15) is 4.79 Å². The van der Waals surface area contributed by atoms with Crippen molar-refractivity contribution in [3.8, 4) is 22.8 Å². The molecule has 0 atom stereocenters. The lowest BCUT2D eigenvalue weighted by Crippen LogP contribution is -2.11. The Morgan fingerprint density at radius 1 is 1.11 bits per heavy atom. The van der Waals surface area contributed by atoms with E-state index in [1.807, 2.05) is 5.38 Å². The quantitative estimate of drug-likeness (QED) is 0.525. The number of aromatic nitrogens is 2. The number of aryl methyl sites for hydroxylation is 3. The minimum absolute atomic E-state index is 0.167. The van der Waals surface area contributed by atoms with Gasteiger partial charge in [-0.3, -0.25) is 10.1 Å². The van der Waals surface area contributed by atoms with Gasteiger partial charge >= 0.3 is 0 Å². The van der Waals surface area contributed by atoms with Gasteiger partial charge < -0.3 is 8.94 Å². The Morgan fingerprint density at radius 3 is 2.59 bits per heavy atom. The Kier molecular flexibility index (Phi) is 4.37. The molecule has 0 saturated carbocycles. The summed E-state index contributed by atoms with van der Waals surface area (Å²) in [6.45, 7) is 6.21. The van der Waals surface area contributed by atoms with Gasteiger partial charge in [0, 0.05) is 17.0 Å². The Hall–Kier alpha value is -3.19. The number of carbonyl (C=O) groups excluding carboxylic acids is 1. The molecule has 4 rings (SSSR count). The predicted molar refractivity (Wildman–Crippen MR) is 104 cm³/mol. The lowest BCUT2D eigenvalue weighted by molar-refractivity contribution is 0.101. The van der Waals surface area contributed by atoms with Gasteiger partial charge in [-0.25, -0.2) is 4.98 Å². The first kappa shape index (κ1) is 17.2. The van der Waals surface area contributed by atoms with Crippen LogP contribution in [0.4, 0.5) is 5.13 Å². The zero-order chi connectivity index (χ0) is 19.0. The first-order valence-corrected chi connectivity index (χ1v) is 9.25. The number of nitrogens with zero attached hydrogens (tertiary/aromatic N) is 2. The fourth-order valence-corrected chi connectivity index (χ4v) is 3.80. The molecule has 136 valence electrons. The number of nitrogens with one attached hydrogen (secondary N) is 1. The van der Waals surface area contributed by atoms with E-state index in [0.29, 0.717) is 16.7 Å². The van der Waals surface area contributed by atoms with Crippen molar-refractivity contribution in [2.75, 3.05) is 5.32 Å². The van der Waals surface area contributed by atoms with E-state index in [4.69, 9.17) is 8.94 Å². The van der Waals surface area contributed by atoms with Crippen molar-refractivity contribution >= 4 is 22.4 Å². The lowest BCUT2D eigenvalue weighted by atomic mass is 9.98. The zero-order valence-electron chi connectivity index (χ0n) is 15.1. The summed E-state index contributed by atoms with van der Waals surface area (Å²) in [5.41, 5.74) is 5.66. The minimum atomic E-state index is -0.380. The van der Waals surface area contributed by atoms with Crippen LogP contribution in [-0.4, -0.2) is 16.0 Å². The van der Waals surface area contributed by atoms with Crippen LogP contribution in [0.15, 0.2) is 50.9 Å². The topological polar surface area (TPSA) is 81.2 Å². The van der Waals surface area contributed by atoms with Crippen LogP contribution < -0.4 is 5.32 Å². The smallest absolute Gasteiger partial charge is 0.279 e. The SMILES string of the molecule is Cc1cc(C)c(-c2csc(NC(=O)c3cc(-c4ccco4)on3)n2)c(C)c1. The number of anilines is 1. The van der Waals surface area contributed by atoms with Crippen LogP contribution in [0.25, 0.3) is 22.8 Å². The molecule has 3 heterocycles. The summed E-state index contributed by atoms with van der Waals surface area (Å²) in [5, 5.41) is 9.03. The van der Waals surface area contributed by atoms with Crippen molar-refractivity contribution in [3.05, 3.63) is 64.4 Å². The highest BCUT2D eigenvalue weighted by atomic mass is 32.1. The van der Waals surface area contributed by atoms with Crippen LogP contribution in [0, 0.1) is 20.8 Å². The van der Waals surface area contributed by atoms with Crippen molar-refractivity contribution in [1.82, 2.24) is 10.1 Å². The number of carbonyl (C=O) groups is 1. The molecule has 0 aliphatic heterocycles. The van der Waals surface area contributed by atoms with Gasteiger partial charge in [0.05, 0.1) is 12.0 Å². The molecule has 0 aliphatic carbocycles. The van der Waals surface area contributed by atoms with E-state index >= 15 is 0 Å². The van der Waals surface area contributed by atoms with E-state index in [2.05, 4.69) is 48.4 Å². The van der Waals surface area contributed by atoms with Gasteiger partial charge in [0.2, 0.25) is 5.76 Å². The molecule has 7 heteroatoms. The molecule has 1 aromatic carbocycles. The van der Waals surface area contributed by atoms with Gasteiger partial charge in [0.15, 0.2) is 16.6 Å². The Balaban J connectivity index is 1.54. The number of benzene rings is 1. The van der Waals surface area contributed by atoms with Crippen molar-refractivity contribution in [3.63, 3.8) is 0 Å². The molecule has 1 N–H and O–H groups in total. The van der Waals surface area contributed by atoms with Gasteiger partial charge in [0.25, 0.3) is 5.91 Å². The van der Waals surface area contributed by atoms with E-state index in [1.54, 1.807) is 12.1 Å². The molecular formula is C20H17N3O3S. The fraction of sp³-hybridized carbons (Fsp3) is 0.150. The first-order chi connectivity index (χ1) is 13.0. The van der Waals surface area contributed by atoms with Crippen LogP contribution in [0.5, 0.6) is 0 Å². The number of hydrogen-bond donors (Lipinski definition) is 1. The molecule has 27 heavy (non-hydrogen) atoms. The molecule has 0 aliphatic rings. The number of hydrogen-bond acceptors (Lipinski definition) is 6. The van der Waals surface area contributed by atoms with Gasteiger partial charge in [-0.1, -0.05) is 22.9 Å². The summed E-state index contributed by atoms with van der Waals surface area (Å²) in [6.07, 6.45) is 1.53. The lowest BCUT2D eigenvalue weighted by Gasteiger charge is -2.08. The normalized spacial score (nSPS) is 10.9. The number of amides is 1. The Morgan fingerprint density at radius 2 is 1.89 bits per heavy atom. The average Bonchev–Trinajstić information content (AvgIpc) is 3.35. The maximum Gasteiger partial charge on any atom is 0.279 e. The highest BCUT2D eigenvalue weighted by Gasteiger charge is 2.17. The second-order valence-corrected chi connectivity index (χ2v) is 7.18. The van der Waals surface area contributed by atoms with Gasteiger partial charge in [-0.15, -0.1) is 11.3 Å². The molecule has 6 nitrogen and oxygen atoms in total. The number of rotatable bonds is 4. The van der Waals surface area contributed by atoms with Crippen LogP contribution >= 0.6 is 11.3 Å². The predicted octanol–water partition coefficient (Wildman–Crippen LogP) is 5.24. The summed E-state index contributed by atoms with van der Waals surface area (Å²) in [5.74, 6) is 0.536. The van der Waals surface area contributed by atoms with Crippen molar-refractivity contribution in [2.24, 2.45) is 0 Å². The molecule has 0 radical (unpaired) electrons. The van der Waals surface area contributed by atoms with E-state index < -0.39 is 0 Å². The largest absolute Gasteiger partial charge is 0.461 e. The van der Waals surface area contributed by atoms with Gasteiger partial charge in [0.1, 0.15) is 0 Å². The second-order valence-electron chi connectivity index (χ2n) is 6.32. The van der Waals surface area contributed by atoms with E-state index in [0.717, 1.165) is 22.4 Å². The van der Waals surface area contributed by atoms with Crippen LogP contribution in [-0.2, 0) is 0 Å². The Labute approximate surface area is 159 Å². The standard InChI is InChI=1S/C20H17N3O3S/c1-11-7-12(2)18(13(3)8-11)15-10-27-20(21-15)22-19(24)14-9-17(26-23-14)16-5-4-6-25-16/h4-10H,1-3H3,(H,21,22,24).